The van der Waals surface area contributed by atoms with E-state index in [1.54, 1.807) is 48.4 Å². The SMILES string of the molecule is CCOC(=O)Nc1cccc(NC(=O)c2cccnc2N(C)C)c1C. The molecule has 2 aromatic rings. The fourth-order valence-corrected chi connectivity index (χ4v) is 2.30. The Labute approximate surface area is 147 Å². The first kappa shape index (κ1) is 18.3. The van der Waals surface area contributed by atoms with Crippen LogP contribution in [0.4, 0.5) is 22.0 Å². The number of aromatic nitrogens is 1. The van der Waals surface area contributed by atoms with E-state index in [9.17, 15) is 9.59 Å². The average Bonchev–Trinajstić information content (AvgIpc) is 2.58. The van der Waals surface area contributed by atoms with Gasteiger partial charge in [-0.15, -0.1) is 0 Å². The Morgan fingerprint density at radius 1 is 1.12 bits per heavy atom. The van der Waals surface area contributed by atoms with Gasteiger partial charge < -0.3 is 15.0 Å². The minimum Gasteiger partial charge on any atom is -0.450 e. The minimum absolute atomic E-state index is 0.270. The number of rotatable bonds is 5. The Morgan fingerprint density at radius 2 is 1.80 bits per heavy atom. The fourth-order valence-electron chi connectivity index (χ4n) is 2.30. The first-order valence-corrected chi connectivity index (χ1v) is 7.91. The van der Waals surface area contributed by atoms with E-state index in [0.29, 0.717) is 22.8 Å². The lowest BCUT2D eigenvalue weighted by molar-refractivity contribution is 0.102. The van der Waals surface area contributed by atoms with Gasteiger partial charge in [0.2, 0.25) is 0 Å². The molecule has 1 heterocycles. The first-order chi connectivity index (χ1) is 11.9. The molecular weight excluding hydrogens is 320 g/mol. The molecule has 0 spiro atoms. The Bertz CT molecular complexity index is 775. The molecule has 0 unspecified atom stereocenters. The van der Waals surface area contributed by atoms with Gasteiger partial charge in [0.15, 0.2) is 0 Å². The van der Waals surface area contributed by atoms with Crippen molar-refractivity contribution < 1.29 is 14.3 Å². The quantitative estimate of drug-likeness (QED) is 0.871. The van der Waals surface area contributed by atoms with Crippen LogP contribution in [-0.2, 0) is 4.74 Å². The van der Waals surface area contributed by atoms with Crippen LogP contribution in [0.25, 0.3) is 0 Å². The monoisotopic (exact) mass is 342 g/mol. The van der Waals surface area contributed by atoms with Crippen molar-refractivity contribution in [2.45, 2.75) is 13.8 Å². The van der Waals surface area contributed by atoms with Crippen LogP contribution in [-0.4, -0.2) is 37.7 Å². The van der Waals surface area contributed by atoms with Crippen LogP contribution in [0.3, 0.4) is 0 Å². The van der Waals surface area contributed by atoms with Crippen molar-refractivity contribution in [2.75, 3.05) is 36.2 Å². The highest BCUT2D eigenvalue weighted by Gasteiger charge is 2.16. The maximum atomic E-state index is 12.6. The molecule has 1 aromatic heterocycles. The predicted octanol–water partition coefficient (Wildman–Crippen LogP) is 3.28. The van der Waals surface area contributed by atoms with E-state index in [4.69, 9.17) is 4.74 Å². The van der Waals surface area contributed by atoms with Gasteiger partial charge in [-0.3, -0.25) is 10.1 Å². The third-order valence-electron chi connectivity index (χ3n) is 3.55. The normalized spacial score (nSPS) is 10.1. The number of nitrogens with one attached hydrogen (secondary N) is 2. The van der Waals surface area contributed by atoms with E-state index in [1.165, 1.54) is 0 Å². The van der Waals surface area contributed by atoms with Crippen molar-refractivity contribution in [3.05, 3.63) is 47.7 Å². The summed E-state index contributed by atoms with van der Waals surface area (Å²) in [5, 5.41) is 5.53. The number of ether oxygens (including phenoxy) is 1. The predicted molar refractivity (Wildman–Crippen MR) is 98.3 cm³/mol. The Morgan fingerprint density at radius 3 is 2.44 bits per heavy atom. The lowest BCUT2D eigenvalue weighted by atomic mass is 10.1. The standard InChI is InChI=1S/C18H22N4O3/c1-5-25-18(24)21-15-10-6-9-14(12(15)2)20-17(23)13-8-7-11-19-16(13)22(3)4/h6-11H,5H2,1-4H3,(H,20,23)(H,21,24). The summed E-state index contributed by atoms with van der Waals surface area (Å²) < 4.78 is 4.88. The molecule has 0 atom stereocenters. The Balaban J connectivity index is 2.23. The number of nitrogens with zero attached hydrogens (tertiary/aromatic N) is 2. The second-order valence-electron chi connectivity index (χ2n) is 5.55. The molecule has 2 N–H and O–H groups in total. The van der Waals surface area contributed by atoms with Crippen molar-refractivity contribution in [1.82, 2.24) is 4.98 Å². The molecule has 0 aliphatic heterocycles. The zero-order valence-electron chi connectivity index (χ0n) is 14.8. The number of hydrogen-bond acceptors (Lipinski definition) is 5. The van der Waals surface area contributed by atoms with Gasteiger partial charge in [0.1, 0.15) is 5.82 Å². The van der Waals surface area contributed by atoms with Gasteiger partial charge in [-0.1, -0.05) is 6.07 Å². The maximum Gasteiger partial charge on any atom is 0.411 e. The van der Waals surface area contributed by atoms with Gasteiger partial charge in [0.25, 0.3) is 5.91 Å². The summed E-state index contributed by atoms with van der Waals surface area (Å²) in [5.41, 5.74) is 2.39. The smallest absolute Gasteiger partial charge is 0.411 e. The number of benzene rings is 1. The van der Waals surface area contributed by atoms with E-state index in [2.05, 4.69) is 15.6 Å². The number of amides is 2. The number of carbonyl (C=O) groups excluding carboxylic acids is 2. The summed E-state index contributed by atoms with van der Waals surface area (Å²) in [6.07, 6.45) is 1.11. The highest BCUT2D eigenvalue weighted by Crippen LogP contribution is 2.25. The van der Waals surface area contributed by atoms with Crippen LogP contribution in [0, 0.1) is 6.92 Å². The summed E-state index contributed by atoms with van der Waals surface area (Å²) in [5.74, 6) is 0.312. The summed E-state index contributed by atoms with van der Waals surface area (Å²) in [7, 11) is 3.66. The van der Waals surface area contributed by atoms with Crippen LogP contribution in [0.15, 0.2) is 36.5 Å². The molecule has 0 radical (unpaired) electrons. The van der Waals surface area contributed by atoms with E-state index in [1.807, 2.05) is 21.0 Å². The highest BCUT2D eigenvalue weighted by atomic mass is 16.5. The minimum atomic E-state index is -0.531. The van der Waals surface area contributed by atoms with E-state index in [-0.39, 0.29) is 12.5 Å². The number of carbonyl (C=O) groups is 2. The van der Waals surface area contributed by atoms with Crippen molar-refractivity contribution >= 4 is 29.2 Å². The van der Waals surface area contributed by atoms with Crippen molar-refractivity contribution in [1.29, 1.82) is 0 Å². The summed E-state index contributed by atoms with van der Waals surface area (Å²) in [4.78, 5) is 30.3. The van der Waals surface area contributed by atoms with Crippen molar-refractivity contribution in [3.8, 4) is 0 Å². The third-order valence-corrected chi connectivity index (χ3v) is 3.55. The van der Waals surface area contributed by atoms with E-state index >= 15 is 0 Å². The average molecular weight is 342 g/mol. The number of pyridine rings is 1. The van der Waals surface area contributed by atoms with Crippen molar-refractivity contribution in [2.24, 2.45) is 0 Å². The van der Waals surface area contributed by atoms with Gasteiger partial charge in [0, 0.05) is 31.7 Å². The Hall–Kier alpha value is -3.09. The van der Waals surface area contributed by atoms with Gasteiger partial charge in [-0.25, -0.2) is 9.78 Å². The maximum absolute atomic E-state index is 12.6. The largest absolute Gasteiger partial charge is 0.450 e. The lowest BCUT2D eigenvalue weighted by Crippen LogP contribution is -2.20. The molecule has 25 heavy (non-hydrogen) atoms. The van der Waals surface area contributed by atoms with Gasteiger partial charge >= 0.3 is 6.09 Å². The lowest BCUT2D eigenvalue weighted by Gasteiger charge is -2.17. The second kappa shape index (κ2) is 8.14. The molecule has 0 aliphatic rings. The van der Waals surface area contributed by atoms with E-state index in [0.717, 1.165) is 5.56 Å². The molecular formula is C18H22N4O3. The molecule has 7 nitrogen and oxygen atoms in total. The molecule has 132 valence electrons. The highest BCUT2D eigenvalue weighted by molar-refractivity contribution is 6.08. The molecule has 2 amide bonds. The number of hydrogen-bond donors (Lipinski definition) is 2. The molecule has 7 heteroatoms. The van der Waals surface area contributed by atoms with E-state index < -0.39 is 6.09 Å². The second-order valence-corrected chi connectivity index (χ2v) is 5.55. The molecule has 0 saturated heterocycles. The first-order valence-electron chi connectivity index (χ1n) is 7.91. The van der Waals surface area contributed by atoms with Crippen LogP contribution in [0.5, 0.6) is 0 Å². The van der Waals surface area contributed by atoms with Gasteiger partial charge in [0.05, 0.1) is 12.2 Å². The number of anilines is 3. The fraction of sp³-hybridized carbons (Fsp3) is 0.278. The zero-order valence-corrected chi connectivity index (χ0v) is 14.8. The third kappa shape index (κ3) is 4.47. The molecule has 1 aromatic carbocycles. The van der Waals surface area contributed by atoms with Crippen LogP contribution >= 0.6 is 0 Å². The summed E-state index contributed by atoms with van der Waals surface area (Å²) >= 11 is 0. The molecule has 0 aliphatic carbocycles. The van der Waals surface area contributed by atoms with Gasteiger partial charge in [-0.05, 0) is 43.7 Å². The summed E-state index contributed by atoms with van der Waals surface area (Å²) in [6, 6.07) is 8.70. The topological polar surface area (TPSA) is 83.6 Å². The molecule has 0 fully saturated rings. The summed E-state index contributed by atoms with van der Waals surface area (Å²) in [6.45, 7) is 3.84. The molecule has 2 rings (SSSR count). The van der Waals surface area contributed by atoms with Gasteiger partial charge in [-0.2, -0.15) is 0 Å². The van der Waals surface area contributed by atoms with Crippen molar-refractivity contribution in [3.63, 3.8) is 0 Å². The Kier molecular flexibility index (Phi) is 5.94. The van der Waals surface area contributed by atoms with Crippen LogP contribution in [0.1, 0.15) is 22.8 Å². The zero-order chi connectivity index (χ0) is 18.4. The van der Waals surface area contributed by atoms with Crippen LogP contribution < -0.4 is 15.5 Å². The van der Waals surface area contributed by atoms with Crippen LogP contribution in [0.2, 0.25) is 0 Å². The molecule has 0 bridgehead atoms. The molecule has 0 saturated carbocycles.